The number of ether oxygens (including phenoxy) is 3. The van der Waals surface area contributed by atoms with Crippen molar-refractivity contribution in [1.82, 2.24) is 4.98 Å². The number of esters is 1. The quantitative estimate of drug-likeness (QED) is 0.315. The average Bonchev–Trinajstić information content (AvgIpc) is 3.19. The summed E-state index contributed by atoms with van der Waals surface area (Å²) >= 11 is 0. The topological polar surface area (TPSA) is 60.9 Å². The zero-order valence-corrected chi connectivity index (χ0v) is 17.5. The summed E-state index contributed by atoms with van der Waals surface area (Å²) in [4.78, 5) is 17.5. The van der Waals surface area contributed by atoms with Crippen LogP contribution in [0.15, 0.2) is 55.3 Å². The fourth-order valence-electron chi connectivity index (χ4n) is 3.37. The summed E-state index contributed by atoms with van der Waals surface area (Å²) in [5.41, 5.74) is -0.597. The van der Waals surface area contributed by atoms with E-state index in [2.05, 4.69) is 21.0 Å². The first-order valence-corrected chi connectivity index (χ1v) is 9.82. The van der Waals surface area contributed by atoms with E-state index in [1.807, 2.05) is 0 Å². The second-order valence-corrected chi connectivity index (χ2v) is 7.28. The van der Waals surface area contributed by atoms with Gasteiger partial charge in [-0.25, -0.2) is 9.78 Å². The molecule has 0 saturated carbocycles. The molecule has 0 spiro atoms. The van der Waals surface area contributed by atoms with Gasteiger partial charge < -0.3 is 19.1 Å². The van der Waals surface area contributed by atoms with Crippen molar-refractivity contribution in [1.29, 1.82) is 0 Å². The highest BCUT2D eigenvalue weighted by molar-refractivity contribution is 5.89. The monoisotopic (exact) mass is 472 g/mol. The van der Waals surface area contributed by atoms with Gasteiger partial charge in [-0.05, 0) is 36.4 Å². The number of hydrogen-bond donors (Lipinski definition) is 0. The Morgan fingerprint density at radius 1 is 1.18 bits per heavy atom. The van der Waals surface area contributed by atoms with Crippen LogP contribution in [0.2, 0.25) is 0 Å². The molecule has 0 amide bonds. The average molecular weight is 472 g/mol. The van der Waals surface area contributed by atoms with Crippen molar-refractivity contribution in [2.24, 2.45) is 0 Å². The Labute approximate surface area is 186 Å². The van der Waals surface area contributed by atoms with Gasteiger partial charge in [0.2, 0.25) is 0 Å². The lowest BCUT2D eigenvalue weighted by Crippen LogP contribution is -2.36. The molecule has 1 aromatic carbocycles. The van der Waals surface area contributed by atoms with Crippen LogP contribution in [0.1, 0.15) is 22.3 Å². The Kier molecular flexibility index (Phi) is 7.21. The van der Waals surface area contributed by atoms with Crippen LogP contribution >= 0.6 is 0 Å². The van der Waals surface area contributed by atoms with Crippen LogP contribution < -0.4 is 9.64 Å². The van der Waals surface area contributed by atoms with E-state index in [4.69, 9.17) is 4.74 Å². The fraction of sp³-hybridized carbons (Fsp3) is 0.364. The molecule has 0 unspecified atom stereocenters. The maximum atomic E-state index is 13.5. The van der Waals surface area contributed by atoms with E-state index in [1.54, 1.807) is 4.90 Å². The molecule has 11 heteroatoms. The number of benzene rings is 1. The SMILES string of the molecule is C=CC(F)(F)OC[C@@H]1C[C@@H](Oc2ccc(C(F)(F)F)cc2)CN1c1ccc(C(=O)OC)cn1. The summed E-state index contributed by atoms with van der Waals surface area (Å²) in [6.07, 6.45) is -6.61. The summed E-state index contributed by atoms with van der Waals surface area (Å²) < 4.78 is 80.5. The highest BCUT2D eigenvalue weighted by Crippen LogP contribution is 2.32. The number of anilines is 1. The summed E-state index contributed by atoms with van der Waals surface area (Å²) in [6, 6.07) is 6.64. The molecule has 0 N–H and O–H groups in total. The first-order valence-electron chi connectivity index (χ1n) is 9.82. The van der Waals surface area contributed by atoms with Gasteiger partial charge in [-0.2, -0.15) is 22.0 Å². The van der Waals surface area contributed by atoms with Gasteiger partial charge in [-0.1, -0.05) is 6.58 Å². The summed E-state index contributed by atoms with van der Waals surface area (Å²) in [5, 5.41) is 0. The molecule has 3 rings (SSSR count). The Hall–Kier alpha value is -3.21. The smallest absolute Gasteiger partial charge is 0.416 e. The summed E-state index contributed by atoms with van der Waals surface area (Å²) in [6.45, 7) is 2.86. The van der Waals surface area contributed by atoms with Gasteiger partial charge in [0.15, 0.2) is 0 Å². The van der Waals surface area contributed by atoms with Crippen molar-refractivity contribution in [3.8, 4) is 5.75 Å². The van der Waals surface area contributed by atoms with Gasteiger partial charge >= 0.3 is 18.3 Å². The van der Waals surface area contributed by atoms with Crippen LogP contribution in [-0.4, -0.2) is 49.5 Å². The number of nitrogens with zero attached hydrogens (tertiary/aromatic N) is 2. The van der Waals surface area contributed by atoms with Crippen molar-refractivity contribution in [3.63, 3.8) is 0 Å². The molecule has 33 heavy (non-hydrogen) atoms. The molecule has 0 bridgehead atoms. The van der Waals surface area contributed by atoms with Gasteiger partial charge in [0.1, 0.15) is 17.7 Å². The van der Waals surface area contributed by atoms with E-state index >= 15 is 0 Å². The lowest BCUT2D eigenvalue weighted by Gasteiger charge is -2.26. The maximum Gasteiger partial charge on any atom is 0.416 e. The molecule has 0 aliphatic carbocycles. The van der Waals surface area contributed by atoms with Crippen LogP contribution in [0.4, 0.5) is 27.8 Å². The highest BCUT2D eigenvalue weighted by atomic mass is 19.4. The third-order valence-electron chi connectivity index (χ3n) is 5.03. The van der Waals surface area contributed by atoms with E-state index in [0.29, 0.717) is 11.9 Å². The number of pyridine rings is 1. The molecule has 1 saturated heterocycles. The normalized spacial score (nSPS) is 18.8. The molecule has 178 valence electrons. The molecule has 6 nitrogen and oxygen atoms in total. The van der Waals surface area contributed by atoms with E-state index < -0.39 is 36.0 Å². The Morgan fingerprint density at radius 2 is 1.88 bits per heavy atom. The van der Waals surface area contributed by atoms with Crippen molar-refractivity contribution < 1.29 is 41.0 Å². The molecular weight excluding hydrogens is 451 g/mol. The van der Waals surface area contributed by atoms with Gasteiger partial charge in [-0.3, -0.25) is 0 Å². The first kappa shape index (κ1) is 24.4. The summed E-state index contributed by atoms with van der Waals surface area (Å²) in [7, 11) is 1.23. The van der Waals surface area contributed by atoms with Crippen molar-refractivity contribution >= 4 is 11.8 Å². The van der Waals surface area contributed by atoms with Gasteiger partial charge in [0, 0.05) is 18.7 Å². The van der Waals surface area contributed by atoms with Gasteiger partial charge in [-0.15, -0.1) is 0 Å². The molecular formula is C22H21F5N2O4. The van der Waals surface area contributed by atoms with E-state index in [1.165, 1.54) is 37.6 Å². The minimum absolute atomic E-state index is 0.208. The second kappa shape index (κ2) is 9.74. The lowest BCUT2D eigenvalue weighted by molar-refractivity contribution is -0.202. The molecule has 1 aromatic heterocycles. The van der Waals surface area contributed by atoms with Crippen LogP contribution in [0.3, 0.4) is 0 Å². The van der Waals surface area contributed by atoms with Gasteiger partial charge in [0.05, 0.1) is 37.4 Å². The van der Waals surface area contributed by atoms with E-state index in [0.717, 1.165) is 12.1 Å². The molecule has 2 aromatic rings. The van der Waals surface area contributed by atoms with E-state index in [9.17, 15) is 26.7 Å². The second-order valence-electron chi connectivity index (χ2n) is 7.28. The largest absolute Gasteiger partial charge is 0.489 e. The number of hydrogen-bond acceptors (Lipinski definition) is 6. The Morgan fingerprint density at radius 3 is 2.42 bits per heavy atom. The molecule has 2 heterocycles. The van der Waals surface area contributed by atoms with Crippen LogP contribution in [0.5, 0.6) is 5.75 Å². The van der Waals surface area contributed by atoms with Crippen molar-refractivity contribution in [2.45, 2.75) is 30.9 Å². The summed E-state index contributed by atoms with van der Waals surface area (Å²) in [5.74, 6) is 0.0149. The number of aromatic nitrogens is 1. The third-order valence-corrected chi connectivity index (χ3v) is 5.03. The van der Waals surface area contributed by atoms with Crippen LogP contribution in [-0.2, 0) is 15.7 Å². The first-order chi connectivity index (χ1) is 15.5. The highest BCUT2D eigenvalue weighted by Gasteiger charge is 2.37. The number of alkyl halides is 5. The van der Waals surface area contributed by atoms with Crippen molar-refractivity contribution in [3.05, 3.63) is 66.4 Å². The minimum atomic E-state index is -4.47. The molecule has 1 fully saturated rings. The number of carbonyl (C=O) groups is 1. The Balaban J connectivity index is 1.76. The maximum absolute atomic E-state index is 13.5. The predicted molar refractivity (Wildman–Crippen MR) is 108 cm³/mol. The van der Waals surface area contributed by atoms with Crippen molar-refractivity contribution in [2.75, 3.05) is 25.2 Å². The molecule has 0 radical (unpaired) electrons. The number of halogens is 5. The molecule has 1 aliphatic rings. The van der Waals surface area contributed by atoms with Crippen LogP contribution in [0.25, 0.3) is 0 Å². The van der Waals surface area contributed by atoms with E-state index in [-0.39, 0.29) is 30.9 Å². The predicted octanol–water partition coefficient (Wildman–Crippen LogP) is 4.71. The Bertz CT molecular complexity index is 964. The molecule has 1 aliphatic heterocycles. The standard InChI is InChI=1S/C22H21F5N2O4/c1-3-21(23,24)32-13-16-10-18(33-17-7-5-15(6-8-17)22(25,26)27)12-29(16)19-9-4-14(11-28-19)20(30)31-2/h3-9,11,16,18H,1,10,12-13H2,2H3/t16-,18+/m0/s1. The zero-order chi connectivity index (χ0) is 24.2. The molecule has 2 atom stereocenters. The number of rotatable bonds is 8. The minimum Gasteiger partial charge on any atom is -0.489 e. The fourth-order valence-corrected chi connectivity index (χ4v) is 3.37. The number of carbonyl (C=O) groups excluding carboxylic acids is 1. The zero-order valence-electron chi connectivity index (χ0n) is 17.5. The number of methoxy groups -OCH3 is 1. The lowest BCUT2D eigenvalue weighted by atomic mass is 10.2. The van der Waals surface area contributed by atoms with Gasteiger partial charge in [0.25, 0.3) is 0 Å². The van der Waals surface area contributed by atoms with Crippen LogP contribution in [0, 0.1) is 0 Å². The third kappa shape index (κ3) is 6.19.